The highest BCUT2D eigenvalue weighted by molar-refractivity contribution is 5.82. The van der Waals surface area contributed by atoms with Crippen LogP contribution in [-0.2, 0) is 4.79 Å². The monoisotopic (exact) mass is 240 g/mol. The van der Waals surface area contributed by atoms with Crippen LogP contribution in [0.3, 0.4) is 0 Å². The van der Waals surface area contributed by atoms with Crippen molar-refractivity contribution in [1.82, 2.24) is 5.32 Å². The van der Waals surface area contributed by atoms with Gasteiger partial charge in [-0.05, 0) is 24.2 Å². The van der Waals surface area contributed by atoms with Gasteiger partial charge in [-0.3, -0.25) is 4.79 Å². The summed E-state index contributed by atoms with van der Waals surface area (Å²) in [4.78, 5) is 12.1. The molecule has 3 atom stereocenters. The number of hydrogen-bond acceptors (Lipinski definition) is 2. The van der Waals surface area contributed by atoms with Crippen LogP contribution in [-0.4, -0.2) is 18.0 Å². The summed E-state index contributed by atoms with van der Waals surface area (Å²) in [6.07, 6.45) is 6.03. The molecule has 0 heterocycles. The van der Waals surface area contributed by atoms with Crippen LogP contribution >= 0.6 is 0 Å². The van der Waals surface area contributed by atoms with Gasteiger partial charge < -0.3 is 11.1 Å². The molecule has 3 nitrogen and oxygen atoms in total. The van der Waals surface area contributed by atoms with Crippen LogP contribution in [0.4, 0.5) is 0 Å². The second kappa shape index (κ2) is 5.85. The molecule has 0 saturated heterocycles. The number of hydrogen-bond donors (Lipinski definition) is 2. The molecule has 0 aromatic rings. The third kappa shape index (κ3) is 3.98. The fraction of sp³-hybridized carbons (Fsp3) is 0.929. The van der Waals surface area contributed by atoms with E-state index in [1.54, 1.807) is 0 Å². The molecule has 17 heavy (non-hydrogen) atoms. The van der Waals surface area contributed by atoms with Crippen molar-refractivity contribution >= 4 is 5.91 Å². The lowest BCUT2D eigenvalue weighted by Gasteiger charge is -2.34. The van der Waals surface area contributed by atoms with Crippen LogP contribution in [0, 0.1) is 11.3 Å². The number of carbonyl (C=O) groups excluding carboxylic acids is 1. The molecule has 100 valence electrons. The van der Waals surface area contributed by atoms with Crippen molar-refractivity contribution in [1.29, 1.82) is 0 Å². The maximum atomic E-state index is 12.1. The first-order valence-electron chi connectivity index (χ1n) is 6.92. The summed E-state index contributed by atoms with van der Waals surface area (Å²) in [5.41, 5.74) is 5.82. The summed E-state index contributed by atoms with van der Waals surface area (Å²) >= 11 is 0. The van der Waals surface area contributed by atoms with E-state index in [0.717, 1.165) is 12.8 Å². The number of amides is 1. The van der Waals surface area contributed by atoms with Crippen molar-refractivity contribution in [3.05, 3.63) is 0 Å². The molecule has 3 heteroatoms. The SMILES string of the molecule is CCC1CCCCC1NC(=O)[C@@H](N)C(C)(C)C. The molecular formula is C14H28N2O. The van der Waals surface area contributed by atoms with Crippen molar-refractivity contribution in [3.63, 3.8) is 0 Å². The van der Waals surface area contributed by atoms with Gasteiger partial charge in [0.25, 0.3) is 0 Å². The van der Waals surface area contributed by atoms with Crippen LogP contribution < -0.4 is 11.1 Å². The molecule has 3 N–H and O–H groups in total. The van der Waals surface area contributed by atoms with Gasteiger partial charge >= 0.3 is 0 Å². The Morgan fingerprint density at radius 3 is 2.47 bits per heavy atom. The zero-order chi connectivity index (χ0) is 13.1. The number of rotatable bonds is 3. The lowest BCUT2D eigenvalue weighted by molar-refractivity contribution is -0.125. The minimum absolute atomic E-state index is 0.0165. The molecule has 2 unspecified atom stereocenters. The number of nitrogens with two attached hydrogens (primary N) is 1. The molecule has 0 aliphatic heterocycles. The van der Waals surface area contributed by atoms with E-state index < -0.39 is 6.04 Å². The number of carbonyl (C=O) groups is 1. The first kappa shape index (κ1) is 14.5. The van der Waals surface area contributed by atoms with Crippen molar-refractivity contribution in [2.75, 3.05) is 0 Å². The Morgan fingerprint density at radius 1 is 1.35 bits per heavy atom. The highest BCUT2D eigenvalue weighted by Gasteiger charge is 2.31. The first-order valence-corrected chi connectivity index (χ1v) is 6.92. The van der Waals surface area contributed by atoms with Crippen molar-refractivity contribution in [2.24, 2.45) is 17.1 Å². The Hall–Kier alpha value is -0.570. The molecule has 0 bridgehead atoms. The molecule has 1 aliphatic carbocycles. The van der Waals surface area contributed by atoms with Crippen LogP contribution in [0.2, 0.25) is 0 Å². The summed E-state index contributed by atoms with van der Waals surface area (Å²) in [5.74, 6) is 0.655. The summed E-state index contributed by atoms with van der Waals surface area (Å²) in [7, 11) is 0. The van der Waals surface area contributed by atoms with E-state index in [9.17, 15) is 4.79 Å². The van der Waals surface area contributed by atoms with E-state index in [-0.39, 0.29) is 11.3 Å². The van der Waals surface area contributed by atoms with E-state index in [2.05, 4.69) is 12.2 Å². The molecule has 0 aromatic carbocycles. The summed E-state index contributed by atoms with van der Waals surface area (Å²) < 4.78 is 0. The van der Waals surface area contributed by atoms with Gasteiger partial charge in [-0.2, -0.15) is 0 Å². The second-order valence-corrected chi connectivity index (χ2v) is 6.41. The molecule has 1 aliphatic rings. The van der Waals surface area contributed by atoms with Gasteiger partial charge in [0.2, 0.25) is 5.91 Å². The van der Waals surface area contributed by atoms with E-state index in [0.29, 0.717) is 12.0 Å². The molecule has 1 saturated carbocycles. The highest BCUT2D eigenvalue weighted by atomic mass is 16.2. The van der Waals surface area contributed by atoms with Crippen molar-refractivity contribution in [2.45, 2.75) is 71.9 Å². The van der Waals surface area contributed by atoms with Gasteiger partial charge in [0.05, 0.1) is 6.04 Å². The second-order valence-electron chi connectivity index (χ2n) is 6.41. The third-order valence-corrected chi connectivity index (χ3v) is 3.98. The van der Waals surface area contributed by atoms with Gasteiger partial charge in [0, 0.05) is 6.04 Å². The fourth-order valence-corrected chi connectivity index (χ4v) is 2.55. The Kier molecular flexibility index (Phi) is 4.99. The van der Waals surface area contributed by atoms with Gasteiger partial charge in [-0.25, -0.2) is 0 Å². The predicted molar refractivity (Wildman–Crippen MR) is 71.6 cm³/mol. The molecule has 0 aromatic heterocycles. The molecule has 0 radical (unpaired) electrons. The van der Waals surface area contributed by atoms with Crippen molar-refractivity contribution in [3.8, 4) is 0 Å². The Bertz CT molecular complexity index is 257. The Morgan fingerprint density at radius 2 is 1.94 bits per heavy atom. The summed E-state index contributed by atoms with van der Waals surface area (Å²) in [6.45, 7) is 8.24. The normalized spacial score (nSPS) is 27.6. The molecule has 1 amide bonds. The number of nitrogens with one attached hydrogen (secondary N) is 1. The molecule has 1 rings (SSSR count). The maximum absolute atomic E-state index is 12.1. The van der Waals surface area contributed by atoms with Crippen LogP contribution in [0.1, 0.15) is 59.8 Å². The van der Waals surface area contributed by atoms with Gasteiger partial charge in [0.1, 0.15) is 0 Å². The lowest BCUT2D eigenvalue weighted by Crippen LogP contribution is -2.53. The molecule has 0 spiro atoms. The van der Waals surface area contributed by atoms with E-state index in [4.69, 9.17) is 5.73 Å². The van der Waals surface area contributed by atoms with E-state index in [1.807, 2.05) is 20.8 Å². The van der Waals surface area contributed by atoms with Gasteiger partial charge in [0.15, 0.2) is 0 Å². The zero-order valence-electron chi connectivity index (χ0n) is 11.8. The topological polar surface area (TPSA) is 55.1 Å². The van der Waals surface area contributed by atoms with Crippen LogP contribution in [0.15, 0.2) is 0 Å². The predicted octanol–water partition coefficient (Wildman–Crippen LogP) is 2.44. The standard InChI is InChI=1S/C14H28N2O/c1-5-10-8-6-7-9-11(10)16-13(17)12(15)14(2,3)4/h10-12H,5-9,15H2,1-4H3,(H,16,17)/t10?,11?,12-/m1/s1. The van der Waals surface area contributed by atoms with E-state index >= 15 is 0 Å². The minimum atomic E-state index is -0.415. The molecule has 1 fully saturated rings. The molecular weight excluding hydrogens is 212 g/mol. The largest absolute Gasteiger partial charge is 0.352 e. The smallest absolute Gasteiger partial charge is 0.237 e. The Balaban J connectivity index is 2.55. The maximum Gasteiger partial charge on any atom is 0.237 e. The summed E-state index contributed by atoms with van der Waals surface area (Å²) in [5, 5.41) is 3.16. The third-order valence-electron chi connectivity index (χ3n) is 3.98. The fourth-order valence-electron chi connectivity index (χ4n) is 2.55. The van der Waals surface area contributed by atoms with Gasteiger partial charge in [-0.15, -0.1) is 0 Å². The first-order chi connectivity index (χ1) is 7.86. The lowest BCUT2D eigenvalue weighted by atomic mass is 9.81. The quantitative estimate of drug-likeness (QED) is 0.796. The zero-order valence-corrected chi connectivity index (χ0v) is 11.8. The van der Waals surface area contributed by atoms with Gasteiger partial charge in [-0.1, -0.05) is 47.0 Å². The summed E-state index contributed by atoms with van der Waals surface area (Å²) in [6, 6.07) is -0.0726. The highest BCUT2D eigenvalue weighted by Crippen LogP contribution is 2.27. The van der Waals surface area contributed by atoms with Crippen molar-refractivity contribution < 1.29 is 4.79 Å². The minimum Gasteiger partial charge on any atom is -0.352 e. The van der Waals surface area contributed by atoms with Crippen LogP contribution in [0.5, 0.6) is 0 Å². The average Bonchev–Trinajstić information content (AvgIpc) is 2.27. The van der Waals surface area contributed by atoms with Crippen LogP contribution in [0.25, 0.3) is 0 Å². The Labute approximate surface area is 106 Å². The van der Waals surface area contributed by atoms with E-state index in [1.165, 1.54) is 19.3 Å². The average molecular weight is 240 g/mol.